The molecular weight excluding hydrogens is 689 g/mol. The second-order valence-electron chi connectivity index (χ2n) is 13.6. The van der Waals surface area contributed by atoms with Crippen molar-refractivity contribution in [1.82, 2.24) is 19.9 Å². The summed E-state index contributed by atoms with van der Waals surface area (Å²) in [6.07, 6.45) is 7.41. The molecule has 55 heavy (non-hydrogen) atoms. The third-order valence-electron chi connectivity index (χ3n) is 10.1. The monoisotopic (exact) mass is 720 g/mol. The lowest BCUT2D eigenvalue weighted by atomic mass is 9.93. The highest BCUT2D eigenvalue weighted by Gasteiger charge is 2.15. The molecule has 4 nitrogen and oxygen atoms in total. The standard InChI is InChI=1S/C50H32N4S/c1-2-8-37(9-3-1)50-53-46(38-22-23-49-45(29-38)44-12-4-5-13-48(44)55-49)30-47(54-50)43-27-41(35-18-14-33(15-19-35)39-10-6-24-51-31-39)26-42(28-43)36-20-16-34(17-21-36)40-11-7-25-52-32-40/h1-32H. The third kappa shape index (κ3) is 6.48. The Morgan fingerprint density at radius 1 is 0.309 bits per heavy atom. The number of hydrogen-bond donors (Lipinski definition) is 0. The molecule has 0 radical (unpaired) electrons. The van der Waals surface area contributed by atoms with Gasteiger partial charge in [-0.3, -0.25) is 9.97 Å². The Labute approximate surface area is 323 Å². The summed E-state index contributed by atoms with van der Waals surface area (Å²) in [7, 11) is 0. The highest BCUT2D eigenvalue weighted by atomic mass is 32.1. The van der Waals surface area contributed by atoms with E-state index in [4.69, 9.17) is 9.97 Å². The predicted molar refractivity (Wildman–Crippen MR) is 229 cm³/mol. The predicted octanol–water partition coefficient (Wildman–Crippen LogP) is 13.3. The van der Waals surface area contributed by atoms with E-state index in [1.165, 1.54) is 20.2 Å². The van der Waals surface area contributed by atoms with E-state index < -0.39 is 0 Å². The fraction of sp³-hybridized carbons (Fsp3) is 0. The minimum atomic E-state index is 0.692. The Morgan fingerprint density at radius 3 is 1.40 bits per heavy atom. The van der Waals surface area contributed by atoms with Crippen molar-refractivity contribution in [3.63, 3.8) is 0 Å². The second-order valence-corrected chi connectivity index (χ2v) is 14.7. The van der Waals surface area contributed by atoms with E-state index in [1.54, 1.807) is 12.4 Å². The number of hydrogen-bond acceptors (Lipinski definition) is 5. The van der Waals surface area contributed by atoms with Gasteiger partial charge >= 0.3 is 0 Å². The van der Waals surface area contributed by atoms with Gasteiger partial charge in [0.05, 0.1) is 11.4 Å². The molecule has 10 rings (SSSR count). The van der Waals surface area contributed by atoms with Crippen LogP contribution in [0.4, 0.5) is 0 Å². The SMILES string of the molecule is c1ccc(-c2nc(-c3cc(-c4ccc(-c5cccnc5)cc4)cc(-c4ccc(-c5cccnc5)cc4)c3)cc(-c3ccc4sc5ccccc5c4c3)n2)cc1. The number of pyridine rings is 2. The number of benzene rings is 6. The van der Waals surface area contributed by atoms with Crippen LogP contribution in [0.25, 0.3) is 98.6 Å². The normalized spacial score (nSPS) is 11.3. The van der Waals surface area contributed by atoms with Crippen molar-refractivity contribution in [2.75, 3.05) is 0 Å². The summed E-state index contributed by atoms with van der Waals surface area (Å²) in [6.45, 7) is 0. The summed E-state index contributed by atoms with van der Waals surface area (Å²) in [5.41, 5.74) is 13.7. The molecule has 0 saturated heterocycles. The van der Waals surface area contributed by atoms with Gasteiger partial charge in [0.25, 0.3) is 0 Å². The molecule has 0 aliphatic rings. The van der Waals surface area contributed by atoms with Crippen LogP contribution in [0.3, 0.4) is 0 Å². The van der Waals surface area contributed by atoms with Crippen molar-refractivity contribution in [1.29, 1.82) is 0 Å². The van der Waals surface area contributed by atoms with Gasteiger partial charge in [-0.25, -0.2) is 9.97 Å². The molecule has 0 atom stereocenters. The van der Waals surface area contributed by atoms with E-state index in [1.807, 2.05) is 54.1 Å². The average molecular weight is 721 g/mol. The van der Waals surface area contributed by atoms with E-state index >= 15 is 0 Å². The van der Waals surface area contributed by atoms with Gasteiger partial charge in [0.15, 0.2) is 5.82 Å². The molecule has 4 heterocycles. The first-order valence-electron chi connectivity index (χ1n) is 18.3. The van der Waals surface area contributed by atoms with Crippen molar-refractivity contribution in [3.05, 3.63) is 195 Å². The first kappa shape index (κ1) is 32.6. The van der Waals surface area contributed by atoms with Gasteiger partial charge in [-0.05, 0) is 99.1 Å². The number of aromatic nitrogens is 4. The van der Waals surface area contributed by atoms with E-state index in [9.17, 15) is 0 Å². The molecule has 258 valence electrons. The highest BCUT2D eigenvalue weighted by Crippen LogP contribution is 2.39. The molecular formula is C50H32N4S. The fourth-order valence-corrected chi connectivity index (χ4v) is 8.32. The van der Waals surface area contributed by atoms with E-state index in [-0.39, 0.29) is 0 Å². The molecule has 0 aliphatic carbocycles. The number of fused-ring (bicyclic) bond motifs is 3. The lowest BCUT2D eigenvalue weighted by Gasteiger charge is -2.14. The van der Waals surface area contributed by atoms with Gasteiger partial charge < -0.3 is 0 Å². The lowest BCUT2D eigenvalue weighted by molar-refractivity contribution is 1.18. The van der Waals surface area contributed by atoms with Crippen LogP contribution in [0.2, 0.25) is 0 Å². The number of rotatable bonds is 7. The number of nitrogens with zero attached hydrogens (tertiary/aromatic N) is 4. The summed E-state index contributed by atoms with van der Waals surface area (Å²) >= 11 is 1.82. The Kier molecular flexibility index (Phi) is 8.32. The molecule has 10 aromatic rings. The van der Waals surface area contributed by atoms with Crippen LogP contribution >= 0.6 is 11.3 Å². The molecule has 0 aliphatic heterocycles. The molecule has 0 amide bonds. The largest absolute Gasteiger partial charge is 0.264 e. The smallest absolute Gasteiger partial charge is 0.160 e. The molecule has 0 N–H and O–H groups in total. The molecule has 6 aromatic carbocycles. The molecule has 0 unspecified atom stereocenters. The fourth-order valence-electron chi connectivity index (χ4n) is 7.23. The van der Waals surface area contributed by atoms with E-state index in [2.05, 4.69) is 149 Å². The zero-order chi connectivity index (χ0) is 36.6. The topological polar surface area (TPSA) is 51.6 Å². The second kappa shape index (κ2) is 14.0. The quantitative estimate of drug-likeness (QED) is 0.164. The molecule has 0 fully saturated rings. The van der Waals surface area contributed by atoms with Gasteiger partial charge in [0, 0.05) is 61.7 Å². The van der Waals surface area contributed by atoms with E-state index in [0.717, 1.165) is 72.6 Å². The van der Waals surface area contributed by atoms with Gasteiger partial charge in [-0.15, -0.1) is 11.3 Å². The summed E-state index contributed by atoms with van der Waals surface area (Å²) in [5.74, 6) is 0.692. The van der Waals surface area contributed by atoms with Crippen molar-refractivity contribution in [2.45, 2.75) is 0 Å². The minimum Gasteiger partial charge on any atom is -0.264 e. The summed E-state index contributed by atoms with van der Waals surface area (Å²) in [4.78, 5) is 19.1. The van der Waals surface area contributed by atoms with Gasteiger partial charge in [0.1, 0.15) is 0 Å². The maximum Gasteiger partial charge on any atom is 0.160 e. The summed E-state index contributed by atoms with van der Waals surface area (Å²) in [5, 5.41) is 2.51. The van der Waals surface area contributed by atoms with Crippen LogP contribution in [0.5, 0.6) is 0 Å². The molecule has 5 heteroatoms. The third-order valence-corrected chi connectivity index (χ3v) is 11.2. The summed E-state index contributed by atoms with van der Waals surface area (Å²) < 4.78 is 2.55. The van der Waals surface area contributed by atoms with E-state index in [0.29, 0.717) is 5.82 Å². The molecule has 4 aromatic heterocycles. The lowest BCUT2D eigenvalue weighted by Crippen LogP contribution is -1.96. The Bertz CT molecular complexity index is 2840. The van der Waals surface area contributed by atoms with Gasteiger partial charge in [-0.2, -0.15) is 0 Å². The van der Waals surface area contributed by atoms with Crippen LogP contribution in [-0.2, 0) is 0 Å². The zero-order valence-corrected chi connectivity index (χ0v) is 30.5. The molecule has 0 saturated carbocycles. The average Bonchev–Trinajstić information content (AvgIpc) is 3.65. The van der Waals surface area contributed by atoms with Crippen molar-refractivity contribution in [3.8, 4) is 78.4 Å². The molecule has 0 spiro atoms. The Balaban J connectivity index is 1.14. The Morgan fingerprint density at radius 2 is 0.800 bits per heavy atom. The van der Waals surface area contributed by atoms with Crippen LogP contribution in [-0.4, -0.2) is 19.9 Å². The maximum absolute atomic E-state index is 5.26. The maximum atomic E-state index is 5.26. The molecule has 0 bridgehead atoms. The highest BCUT2D eigenvalue weighted by molar-refractivity contribution is 7.25. The first-order chi connectivity index (χ1) is 27.2. The van der Waals surface area contributed by atoms with Crippen LogP contribution < -0.4 is 0 Å². The number of thiophene rings is 1. The van der Waals surface area contributed by atoms with Crippen LogP contribution in [0.1, 0.15) is 0 Å². The zero-order valence-electron chi connectivity index (χ0n) is 29.7. The van der Waals surface area contributed by atoms with Crippen molar-refractivity contribution < 1.29 is 0 Å². The van der Waals surface area contributed by atoms with Crippen LogP contribution in [0.15, 0.2) is 195 Å². The van der Waals surface area contributed by atoms with Crippen LogP contribution in [0, 0.1) is 0 Å². The van der Waals surface area contributed by atoms with Crippen molar-refractivity contribution >= 4 is 31.5 Å². The van der Waals surface area contributed by atoms with Gasteiger partial charge in [0.2, 0.25) is 0 Å². The van der Waals surface area contributed by atoms with Crippen molar-refractivity contribution in [2.24, 2.45) is 0 Å². The summed E-state index contributed by atoms with van der Waals surface area (Å²) in [6, 6.07) is 60.1. The van der Waals surface area contributed by atoms with Gasteiger partial charge in [-0.1, -0.05) is 115 Å². The minimum absolute atomic E-state index is 0.692. The Hall–Kier alpha value is -7.08. The first-order valence-corrected chi connectivity index (χ1v) is 19.1.